The van der Waals surface area contributed by atoms with E-state index in [4.69, 9.17) is 11.6 Å². The minimum atomic E-state index is 0.211. The maximum absolute atomic E-state index is 5.76. The van der Waals surface area contributed by atoms with Crippen molar-refractivity contribution in [2.75, 3.05) is 5.32 Å². The van der Waals surface area contributed by atoms with E-state index in [0.717, 1.165) is 20.2 Å². The maximum Gasteiger partial charge on any atom is 0.224 e. The zero-order valence-electron chi connectivity index (χ0n) is 8.84. The first-order valence-corrected chi connectivity index (χ1v) is 6.74. The molecule has 0 atom stereocenters. The van der Waals surface area contributed by atoms with Gasteiger partial charge in [0.05, 0.1) is 4.47 Å². The van der Waals surface area contributed by atoms with Crippen LogP contribution >= 0.6 is 43.5 Å². The van der Waals surface area contributed by atoms with Crippen molar-refractivity contribution >= 4 is 55.0 Å². The van der Waals surface area contributed by atoms with E-state index >= 15 is 0 Å². The van der Waals surface area contributed by atoms with E-state index in [2.05, 4.69) is 47.1 Å². The van der Waals surface area contributed by atoms with Gasteiger partial charge < -0.3 is 5.32 Å². The number of anilines is 2. The van der Waals surface area contributed by atoms with Crippen LogP contribution in [0.15, 0.2) is 33.3 Å². The molecule has 3 nitrogen and oxygen atoms in total. The molecular weight excluding hydrogens is 369 g/mol. The summed E-state index contributed by atoms with van der Waals surface area (Å²) in [6, 6.07) is 5.92. The second-order valence-corrected chi connectivity index (χ2v) is 5.42. The van der Waals surface area contributed by atoms with Crippen LogP contribution in [0.1, 0.15) is 5.56 Å². The highest BCUT2D eigenvalue weighted by atomic mass is 79.9. The Morgan fingerprint density at radius 3 is 2.76 bits per heavy atom. The molecule has 0 fully saturated rings. The third kappa shape index (κ3) is 2.97. The van der Waals surface area contributed by atoms with Crippen LogP contribution in [0.5, 0.6) is 0 Å². The predicted octanol–water partition coefficient (Wildman–Crippen LogP) is 4.71. The lowest BCUT2D eigenvalue weighted by Crippen LogP contribution is -1.98. The number of nitrogens with zero attached hydrogens (tertiary/aromatic N) is 2. The Morgan fingerprint density at radius 2 is 2.00 bits per heavy atom. The number of benzene rings is 1. The van der Waals surface area contributed by atoms with Gasteiger partial charge >= 0.3 is 0 Å². The van der Waals surface area contributed by atoms with Gasteiger partial charge in [0.2, 0.25) is 5.28 Å². The van der Waals surface area contributed by atoms with Crippen molar-refractivity contribution in [3.63, 3.8) is 0 Å². The molecule has 0 bridgehead atoms. The topological polar surface area (TPSA) is 37.8 Å². The normalized spacial score (nSPS) is 10.4. The van der Waals surface area contributed by atoms with Crippen LogP contribution in [0.2, 0.25) is 5.28 Å². The fourth-order valence-electron chi connectivity index (χ4n) is 1.30. The van der Waals surface area contributed by atoms with Crippen LogP contribution in [0.4, 0.5) is 11.5 Å². The smallest absolute Gasteiger partial charge is 0.224 e. The van der Waals surface area contributed by atoms with Crippen LogP contribution in [0.3, 0.4) is 0 Å². The van der Waals surface area contributed by atoms with Gasteiger partial charge in [0.25, 0.3) is 0 Å². The van der Waals surface area contributed by atoms with E-state index in [1.807, 2.05) is 25.1 Å². The fourth-order valence-corrected chi connectivity index (χ4v) is 2.09. The molecule has 1 N–H and O–H groups in total. The minimum Gasteiger partial charge on any atom is -0.339 e. The molecule has 1 heterocycles. The number of rotatable bonds is 2. The molecule has 0 unspecified atom stereocenters. The molecule has 6 heteroatoms. The summed E-state index contributed by atoms with van der Waals surface area (Å²) in [4.78, 5) is 8.00. The van der Waals surface area contributed by atoms with Gasteiger partial charge in [0.1, 0.15) is 5.82 Å². The largest absolute Gasteiger partial charge is 0.339 e. The Balaban J connectivity index is 2.38. The summed E-state index contributed by atoms with van der Waals surface area (Å²) in [5.41, 5.74) is 2.07. The summed E-state index contributed by atoms with van der Waals surface area (Å²) in [6.07, 6.45) is 1.62. The SMILES string of the molecule is Cc1c(Br)cccc1Nc1nc(Cl)ncc1Br. The lowest BCUT2D eigenvalue weighted by Gasteiger charge is -2.11. The minimum absolute atomic E-state index is 0.211. The molecule has 0 spiro atoms. The molecule has 0 aliphatic carbocycles. The first kappa shape index (κ1) is 12.8. The third-order valence-electron chi connectivity index (χ3n) is 2.24. The summed E-state index contributed by atoms with van der Waals surface area (Å²) in [5.74, 6) is 0.645. The monoisotopic (exact) mass is 375 g/mol. The van der Waals surface area contributed by atoms with E-state index in [-0.39, 0.29) is 5.28 Å². The molecule has 0 radical (unpaired) electrons. The average Bonchev–Trinajstić information content (AvgIpc) is 2.30. The Kier molecular flexibility index (Phi) is 4.01. The standard InChI is InChI=1S/C11H8Br2ClN3/c1-6-7(12)3-2-4-9(6)16-10-8(13)5-15-11(14)17-10/h2-5H,1H3,(H,15,16,17). The van der Waals surface area contributed by atoms with Crippen molar-refractivity contribution in [2.24, 2.45) is 0 Å². The van der Waals surface area contributed by atoms with Crippen molar-refractivity contribution in [1.82, 2.24) is 9.97 Å². The van der Waals surface area contributed by atoms with Gasteiger partial charge in [0.15, 0.2) is 0 Å². The first-order valence-electron chi connectivity index (χ1n) is 4.78. The van der Waals surface area contributed by atoms with Crippen molar-refractivity contribution in [3.8, 4) is 0 Å². The average molecular weight is 377 g/mol. The number of aromatic nitrogens is 2. The maximum atomic E-state index is 5.76. The van der Waals surface area contributed by atoms with Crippen LogP contribution in [-0.2, 0) is 0 Å². The summed E-state index contributed by atoms with van der Waals surface area (Å²) < 4.78 is 1.81. The zero-order valence-corrected chi connectivity index (χ0v) is 12.8. The van der Waals surface area contributed by atoms with Crippen molar-refractivity contribution in [3.05, 3.63) is 44.2 Å². The van der Waals surface area contributed by atoms with Gasteiger partial charge in [-0.25, -0.2) is 4.98 Å². The molecule has 0 saturated carbocycles. The molecule has 1 aromatic heterocycles. The quantitative estimate of drug-likeness (QED) is 0.771. The van der Waals surface area contributed by atoms with E-state index in [0.29, 0.717) is 5.82 Å². The predicted molar refractivity (Wildman–Crippen MR) is 76.9 cm³/mol. The Labute approximate surface area is 121 Å². The number of halogens is 3. The van der Waals surface area contributed by atoms with E-state index in [1.54, 1.807) is 6.20 Å². The van der Waals surface area contributed by atoms with E-state index in [9.17, 15) is 0 Å². The van der Waals surface area contributed by atoms with Crippen LogP contribution < -0.4 is 5.32 Å². The number of nitrogens with one attached hydrogen (secondary N) is 1. The molecule has 1 aromatic carbocycles. The van der Waals surface area contributed by atoms with Crippen molar-refractivity contribution < 1.29 is 0 Å². The molecule has 0 amide bonds. The van der Waals surface area contributed by atoms with E-state index in [1.165, 1.54) is 0 Å². The van der Waals surface area contributed by atoms with Crippen molar-refractivity contribution in [2.45, 2.75) is 6.92 Å². The second kappa shape index (κ2) is 5.33. The second-order valence-electron chi connectivity index (χ2n) is 3.37. The van der Waals surface area contributed by atoms with Gasteiger partial charge in [-0.05, 0) is 52.2 Å². The van der Waals surface area contributed by atoms with Crippen LogP contribution in [-0.4, -0.2) is 9.97 Å². The molecular formula is C11H8Br2ClN3. The summed E-state index contributed by atoms with van der Waals surface area (Å²) in [7, 11) is 0. The van der Waals surface area contributed by atoms with Gasteiger partial charge in [0, 0.05) is 16.4 Å². The summed E-state index contributed by atoms with van der Waals surface area (Å²) in [6.45, 7) is 2.02. The highest BCUT2D eigenvalue weighted by Crippen LogP contribution is 2.29. The molecule has 2 aromatic rings. The van der Waals surface area contributed by atoms with Gasteiger partial charge in [-0.3, -0.25) is 0 Å². The Morgan fingerprint density at radius 1 is 1.24 bits per heavy atom. The van der Waals surface area contributed by atoms with Gasteiger partial charge in [-0.15, -0.1) is 0 Å². The lowest BCUT2D eigenvalue weighted by atomic mass is 10.2. The van der Waals surface area contributed by atoms with Gasteiger partial charge in [-0.2, -0.15) is 4.98 Å². The van der Waals surface area contributed by atoms with Crippen LogP contribution in [0, 0.1) is 6.92 Å². The molecule has 0 saturated heterocycles. The van der Waals surface area contributed by atoms with Crippen molar-refractivity contribution in [1.29, 1.82) is 0 Å². The first-order chi connectivity index (χ1) is 8.08. The Hall–Kier alpha value is -0.650. The highest BCUT2D eigenvalue weighted by molar-refractivity contribution is 9.10. The lowest BCUT2D eigenvalue weighted by molar-refractivity contribution is 1.15. The van der Waals surface area contributed by atoms with Gasteiger partial charge in [-0.1, -0.05) is 22.0 Å². The molecule has 17 heavy (non-hydrogen) atoms. The molecule has 88 valence electrons. The Bertz CT molecular complexity index is 560. The fraction of sp³-hybridized carbons (Fsp3) is 0.0909. The molecule has 0 aliphatic heterocycles. The van der Waals surface area contributed by atoms with E-state index < -0.39 is 0 Å². The summed E-state index contributed by atoms with van der Waals surface area (Å²) >= 11 is 12.6. The number of hydrogen-bond acceptors (Lipinski definition) is 3. The highest BCUT2D eigenvalue weighted by Gasteiger charge is 2.07. The molecule has 2 rings (SSSR count). The third-order valence-corrected chi connectivity index (χ3v) is 3.86. The molecule has 0 aliphatic rings. The van der Waals surface area contributed by atoms with Crippen LogP contribution in [0.25, 0.3) is 0 Å². The number of hydrogen-bond donors (Lipinski definition) is 1. The summed E-state index contributed by atoms with van der Waals surface area (Å²) in [5, 5.41) is 3.42. The zero-order chi connectivity index (χ0) is 12.4.